The number of anilines is 1. The van der Waals surface area contributed by atoms with Crippen molar-refractivity contribution in [3.05, 3.63) is 22.3 Å². The van der Waals surface area contributed by atoms with Crippen molar-refractivity contribution in [1.82, 2.24) is 35.4 Å². The maximum atomic E-state index is 12.8. The Balaban J connectivity index is 1.47. The van der Waals surface area contributed by atoms with Gasteiger partial charge in [0.25, 0.3) is 11.8 Å². The summed E-state index contributed by atoms with van der Waals surface area (Å²) in [6.45, 7) is -0.240. The van der Waals surface area contributed by atoms with Gasteiger partial charge in [-0.3, -0.25) is 19.3 Å². The van der Waals surface area contributed by atoms with Crippen molar-refractivity contribution in [1.29, 1.82) is 0 Å². The average Bonchev–Trinajstić information content (AvgIpc) is 3.43. The van der Waals surface area contributed by atoms with E-state index in [1.807, 2.05) is 0 Å². The molecule has 0 bridgehead atoms. The largest absolute Gasteiger partial charge is 0.477 e. The summed E-state index contributed by atoms with van der Waals surface area (Å²) in [5, 5.41) is 36.5. The molecule has 35 heavy (non-hydrogen) atoms. The fraction of sp³-hybridized carbons (Fsp3) is 0.312. The molecule has 2 aromatic heterocycles. The van der Waals surface area contributed by atoms with E-state index in [9.17, 15) is 29.5 Å². The van der Waals surface area contributed by atoms with Crippen molar-refractivity contribution in [2.45, 2.75) is 23.1 Å². The summed E-state index contributed by atoms with van der Waals surface area (Å²) in [5.74, 6) is -3.07. The molecule has 0 saturated carbocycles. The van der Waals surface area contributed by atoms with Gasteiger partial charge >= 0.3 is 5.97 Å². The van der Waals surface area contributed by atoms with Crippen molar-refractivity contribution in [3.63, 3.8) is 0 Å². The van der Waals surface area contributed by atoms with Gasteiger partial charge < -0.3 is 27.1 Å². The number of rotatable bonds is 9. The van der Waals surface area contributed by atoms with E-state index in [1.165, 1.54) is 21.8 Å². The lowest BCUT2D eigenvalue weighted by Crippen LogP contribution is -2.71. The van der Waals surface area contributed by atoms with Crippen molar-refractivity contribution in [2.75, 3.05) is 17.2 Å². The number of carbonyl (C=O) groups is 4. The standard InChI is InChI=1S/C16H16N10O6S3/c17-7(27)1-25-16(21-23-24-25)35-3-5-2-33-13-9(12(29)26(13)10(5)14(30)31)20-11(28)8(22-32)6-4-34-15(18)19-6/h4,9,13,32H,1-3H2,(H2,17,27)(H2,18,19)(H,20,28)(H,30,31)/t9?,13-/m1/s1. The van der Waals surface area contributed by atoms with Crippen LogP contribution in [-0.2, 0) is 25.7 Å². The highest BCUT2D eigenvalue weighted by Crippen LogP contribution is 2.41. The number of aliphatic carboxylic acids is 1. The first-order valence-electron chi connectivity index (χ1n) is 9.52. The predicted molar refractivity (Wildman–Crippen MR) is 122 cm³/mol. The van der Waals surface area contributed by atoms with E-state index in [-0.39, 0.29) is 39.7 Å². The number of primary amides is 1. The van der Waals surface area contributed by atoms with Gasteiger partial charge in [-0.2, -0.15) is 0 Å². The van der Waals surface area contributed by atoms with Crippen LogP contribution in [-0.4, -0.2) is 92.7 Å². The average molecular weight is 541 g/mol. The molecule has 1 saturated heterocycles. The maximum absolute atomic E-state index is 12.8. The van der Waals surface area contributed by atoms with Gasteiger partial charge in [0.2, 0.25) is 11.1 Å². The van der Waals surface area contributed by atoms with Crippen LogP contribution in [0.25, 0.3) is 0 Å². The number of nitrogens with one attached hydrogen (secondary N) is 1. The Morgan fingerprint density at radius 1 is 1.37 bits per heavy atom. The van der Waals surface area contributed by atoms with Gasteiger partial charge in [0.15, 0.2) is 10.8 Å². The van der Waals surface area contributed by atoms with Gasteiger partial charge in [-0.1, -0.05) is 16.9 Å². The molecule has 7 N–H and O–H groups in total. The first-order chi connectivity index (χ1) is 16.7. The number of fused-ring (bicyclic) bond motifs is 1. The van der Waals surface area contributed by atoms with Gasteiger partial charge in [-0.15, -0.1) is 28.2 Å². The molecule has 0 aliphatic carbocycles. The second-order valence-corrected chi connectivity index (χ2v) is 9.95. The Morgan fingerprint density at radius 2 is 2.14 bits per heavy atom. The fourth-order valence-electron chi connectivity index (χ4n) is 3.31. The van der Waals surface area contributed by atoms with Crippen LogP contribution in [0.5, 0.6) is 0 Å². The molecule has 4 rings (SSSR count). The Bertz CT molecular complexity index is 1270. The molecule has 0 spiro atoms. The zero-order valence-corrected chi connectivity index (χ0v) is 19.8. The third-order valence-corrected chi connectivity index (χ3v) is 7.85. The van der Waals surface area contributed by atoms with Crippen LogP contribution in [0.1, 0.15) is 5.69 Å². The van der Waals surface area contributed by atoms with E-state index < -0.39 is 40.8 Å². The van der Waals surface area contributed by atoms with Crippen LogP contribution >= 0.6 is 34.9 Å². The van der Waals surface area contributed by atoms with Crippen LogP contribution in [0.15, 0.2) is 27.0 Å². The summed E-state index contributed by atoms with van der Waals surface area (Å²) in [6.07, 6.45) is 0. The summed E-state index contributed by atoms with van der Waals surface area (Å²) in [6, 6.07) is -1.04. The summed E-state index contributed by atoms with van der Waals surface area (Å²) in [5.41, 5.74) is 10.5. The van der Waals surface area contributed by atoms with E-state index >= 15 is 0 Å². The molecule has 4 heterocycles. The highest BCUT2D eigenvalue weighted by molar-refractivity contribution is 8.01. The Kier molecular flexibility index (Phi) is 6.89. The van der Waals surface area contributed by atoms with E-state index in [0.29, 0.717) is 5.57 Å². The van der Waals surface area contributed by atoms with Gasteiger partial charge in [0.1, 0.15) is 29.4 Å². The van der Waals surface area contributed by atoms with E-state index in [1.54, 1.807) is 0 Å². The van der Waals surface area contributed by atoms with Gasteiger partial charge in [-0.25, -0.2) is 14.5 Å². The highest BCUT2D eigenvalue weighted by atomic mass is 32.2. The first kappa shape index (κ1) is 24.4. The molecule has 0 aromatic carbocycles. The Morgan fingerprint density at radius 3 is 2.77 bits per heavy atom. The monoisotopic (exact) mass is 540 g/mol. The van der Waals surface area contributed by atoms with E-state index in [4.69, 9.17) is 11.5 Å². The molecule has 2 aliphatic heterocycles. The number of oxime groups is 1. The zero-order valence-electron chi connectivity index (χ0n) is 17.4. The number of amides is 3. The minimum Gasteiger partial charge on any atom is -0.477 e. The smallest absolute Gasteiger partial charge is 0.352 e. The third kappa shape index (κ3) is 4.77. The number of nitrogens with two attached hydrogens (primary N) is 2. The van der Waals surface area contributed by atoms with Crippen molar-refractivity contribution >= 4 is 69.4 Å². The number of hydrogen-bond donors (Lipinski definition) is 5. The predicted octanol–water partition coefficient (Wildman–Crippen LogP) is -2.09. The first-order valence-corrected chi connectivity index (χ1v) is 12.4. The van der Waals surface area contributed by atoms with Gasteiger partial charge in [-0.05, 0) is 16.0 Å². The number of nitrogen functional groups attached to an aromatic ring is 1. The van der Waals surface area contributed by atoms with Crippen LogP contribution in [0.3, 0.4) is 0 Å². The molecule has 2 atom stereocenters. The lowest BCUT2D eigenvalue weighted by molar-refractivity contribution is -0.150. The van der Waals surface area contributed by atoms with Crippen molar-refractivity contribution in [2.24, 2.45) is 10.9 Å². The van der Waals surface area contributed by atoms with Crippen LogP contribution in [0.4, 0.5) is 5.13 Å². The van der Waals surface area contributed by atoms with E-state index in [0.717, 1.165) is 28.0 Å². The van der Waals surface area contributed by atoms with Crippen LogP contribution < -0.4 is 16.8 Å². The molecule has 19 heteroatoms. The number of carboxylic acids is 1. The van der Waals surface area contributed by atoms with E-state index in [2.05, 4.69) is 31.0 Å². The molecule has 1 fully saturated rings. The summed E-state index contributed by atoms with van der Waals surface area (Å²) in [4.78, 5) is 53.5. The minimum absolute atomic E-state index is 0.0385. The molecule has 0 radical (unpaired) electrons. The quantitative estimate of drug-likeness (QED) is 0.0753. The second-order valence-electron chi connectivity index (χ2n) is 7.01. The number of aromatic nitrogens is 5. The lowest BCUT2D eigenvalue weighted by Gasteiger charge is -2.49. The third-order valence-electron chi connectivity index (χ3n) is 4.80. The molecule has 2 aromatic rings. The Hall–Kier alpha value is -3.71. The number of nitrogens with zero attached hydrogens (tertiary/aromatic N) is 7. The number of thiazole rings is 1. The van der Waals surface area contributed by atoms with Crippen LogP contribution in [0.2, 0.25) is 0 Å². The molecule has 3 amide bonds. The van der Waals surface area contributed by atoms with Gasteiger partial charge in [0, 0.05) is 16.9 Å². The number of carboxylic acid groups (broad SMARTS) is 1. The molecular formula is C16H16N10O6S3. The zero-order chi connectivity index (χ0) is 25.3. The number of tetrazole rings is 1. The number of hydrogen-bond acceptors (Lipinski definition) is 14. The lowest BCUT2D eigenvalue weighted by atomic mass is 10.0. The summed E-state index contributed by atoms with van der Waals surface area (Å²) < 4.78 is 1.18. The molecule has 16 nitrogen and oxygen atoms in total. The Labute approximate surface area is 207 Å². The number of thioether (sulfide) groups is 2. The SMILES string of the molecule is NC(=O)Cn1nnnc1SCC1=C(C(=O)O)N2C(=O)C(NC(=O)C(=NO)c3csc(N)n3)[C@H]2SC1. The fourth-order valence-corrected chi connectivity index (χ4v) is 6.22. The highest BCUT2D eigenvalue weighted by Gasteiger charge is 2.54. The molecule has 2 aliphatic rings. The summed E-state index contributed by atoms with van der Waals surface area (Å²) >= 11 is 3.38. The second kappa shape index (κ2) is 9.88. The van der Waals surface area contributed by atoms with Crippen LogP contribution in [0, 0.1) is 0 Å². The maximum Gasteiger partial charge on any atom is 0.352 e. The topological polar surface area (TPSA) is 245 Å². The number of β-lactam (4-membered cyclic amide) rings is 1. The van der Waals surface area contributed by atoms with Crippen molar-refractivity contribution in [3.8, 4) is 0 Å². The molecule has 184 valence electrons. The number of carbonyl (C=O) groups excluding carboxylic acids is 3. The summed E-state index contributed by atoms with van der Waals surface area (Å²) in [7, 11) is 0. The van der Waals surface area contributed by atoms with Gasteiger partial charge in [0.05, 0.1) is 0 Å². The normalized spacial score (nSPS) is 19.8. The molecule has 1 unspecified atom stereocenters. The minimum atomic E-state index is -1.31. The van der Waals surface area contributed by atoms with Crippen molar-refractivity contribution < 1.29 is 29.5 Å². The molecular weight excluding hydrogens is 524 g/mol.